The number of rotatable bonds is 6. The molecule has 1 fully saturated rings. The molecule has 14 heavy (non-hydrogen) atoms. The van der Waals surface area contributed by atoms with Crippen molar-refractivity contribution >= 4 is 0 Å². The van der Waals surface area contributed by atoms with Crippen molar-refractivity contribution in [1.29, 1.82) is 5.26 Å². The van der Waals surface area contributed by atoms with E-state index in [2.05, 4.69) is 13.0 Å². The molecule has 0 aromatic carbocycles. The van der Waals surface area contributed by atoms with E-state index in [0.717, 1.165) is 32.1 Å². The highest BCUT2D eigenvalue weighted by molar-refractivity contribution is 5.08. The van der Waals surface area contributed by atoms with Gasteiger partial charge in [-0.2, -0.15) is 5.26 Å². The molecule has 1 rings (SSSR count). The second-order valence-corrected chi connectivity index (χ2v) is 4.49. The summed E-state index contributed by atoms with van der Waals surface area (Å²) in [6.07, 6.45) is 8.07. The number of aliphatic hydroxyl groups excluding tert-OH is 1. The fraction of sp³-hybridized carbons (Fsp3) is 0.917. The molecule has 1 atom stereocenters. The lowest BCUT2D eigenvalue weighted by Crippen LogP contribution is -2.39. The third kappa shape index (κ3) is 2.48. The second kappa shape index (κ2) is 5.36. The molecule has 2 nitrogen and oxygen atoms in total. The highest BCUT2D eigenvalue weighted by Crippen LogP contribution is 2.44. The van der Waals surface area contributed by atoms with Gasteiger partial charge in [-0.05, 0) is 19.3 Å². The minimum absolute atomic E-state index is 0.369. The fourth-order valence-corrected chi connectivity index (χ4v) is 2.12. The van der Waals surface area contributed by atoms with Crippen LogP contribution in [0.4, 0.5) is 0 Å². The summed E-state index contributed by atoms with van der Waals surface area (Å²) in [7, 11) is 0. The average molecular weight is 195 g/mol. The van der Waals surface area contributed by atoms with Crippen molar-refractivity contribution in [2.24, 2.45) is 5.41 Å². The van der Waals surface area contributed by atoms with Gasteiger partial charge in [0.25, 0.3) is 0 Å². The molecule has 0 amide bonds. The molecule has 0 aliphatic heterocycles. The van der Waals surface area contributed by atoms with Crippen molar-refractivity contribution in [2.75, 3.05) is 0 Å². The van der Waals surface area contributed by atoms with Gasteiger partial charge in [0.15, 0.2) is 0 Å². The van der Waals surface area contributed by atoms with Crippen LogP contribution in [0.2, 0.25) is 0 Å². The first kappa shape index (κ1) is 11.5. The van der Waals surface area contributed by atoms with Crippen LogP contribution in [0.25, 0.3) is 0 Å². The zero-order valence-electron chi connectivity index (χ0n) is 9.13. The van der Waals surface area contributed by atoms with Crippen molar-refractivity contribution < 1.29 is 5.11 Å². The van der Waals surface area contributed by atoms with Crippen LogP contribution in [0.15, 0.2) is 0 Å². The molecule has 1 aliphatic rings. The van der Waals surface area contributed by atoms with Crippen LogP contribution in [0, 0.1) is 16.7 Å². The van der Waals surface area contributed by atoms with Gasteiger partial charge in [0.05, 0.1) is 17.6 Å². The quantitative estimate of drug-likeness (QED) is 0.662. The summed E-state index contributed by atoms with van der Waals surface area (Å²) in [6, 6.07) is 2.31. The molecular weight excluding hydrogens is 174 g/mol. The van der Waals surface area contributed by atoms with Gasteiger partial charge in [-0.3, -0.25) is 0 Å². The summed E-state index contributed by atoms with van der Waals surface area (Å²) in [4.78, 5) is 0. The molecule has 0 aromatic rings. The first-order valence-corrected chi connectivity index (χ1v) is 5.84. The van der Waals surface area contributed by atoms with Gasteiger partial charge in [0, 0.05) is 0 Å². The summed E-state index contributed by atoms with van der Waals surface area (Å²) in [5.74, 6) is 0. The Balaban J connectivity index is 2.21. The van der Waals surface area contributed by atoms with Crippen LogP contribution >= 0.6 is 0 Å². The van der Waals surface area contributed by atoms with E-state index in [1.165, 1.54) is 19.3 Å². The lowest BCUT2D eigenvalue weighted by molar-refractivity contribution is 0.00251. The maximum Gasteiger partial charge on any atom is 0.0832 e. The van der Waals surface area contributed by atoms with Crippen LogP contribution in [0.5, 0.6) is 0 Å². The lowest BCUT2D eigenvalue weighted by Gasteiger charge is -2.39. The summed E-state index contributed by atoms with van der Waals surface area (Å²) >= 11 is 0. The molecule has 0 radical (unpaired) electrons. The van der Waals surface area contributed by atoms with Crippen LogP contribution < -0.4 is 0 Å². The Bertz CT molecular complexity index is 203. The molecule has 0 aromatic heterocycles. The zero-order chi connectivity index (χ0) is 10.4. The van der Waals surface area contributed by atoms with Crippen LogP contribution in [0.1, 0.15) is 58.3 Å². The molecule has 1 unspecified atom stereocenters. The van der Waals surface area contributed by atoms with Crippen molar-refractivity contribution in [2.45, 2.75) is 64.4 Å². The molecule has 1 aliphatic carbocycles. The Morgan fingerprint density at radius 2 is 2.07 bits per heavy atom. The number of nitriles is 1. The number of unbranched alkanes of at least 4 members (excludes halogenated alkanes) is 3. The molecule has 0 saturated heterocycles. The summed E-state index contributed by atoms with van der Waals surface area (Å²) in [5, 5.41) is 18.9. The first-order chi connectivity index (χ1) is 6.75. The van der Waals surface area contributed by atoms with E-state index in [0.29, 0.717) is 0 Å². The monoisotopic (exact) mass is 195 g/mol. The normalized spacial score (nSPS) is 20.9. The van der Waals surface area contributed by atoms with E-state index in [4.69, 9.17) is 5.26 Å². The van der Waals surface area contributed by atoms with E-state index in [-0.39, 0.29) is 11.5 Å². The second-order valence-electron chi connectivity index (χ2n) is 4.49. The van der Waals surface area contributed by atoms with E-state index in [1.54, 1.807) is 0 Å². The van der Waals surface area contributed by atoms with Gasteiger partial charge in [-0.25, -0.2) is 0 Å². The van der Waals surface area contributed by atoms with Gasteiger partial charge in [-0.1, -0.05) is 39.0 Å². The Hall–Kier alpha value is -0.550. The predicted molar refractivity (Wildman–Crippen MR) is 56.7 cm³/mol. The highest BCUT2D eigenvalue weighted by atomic mass is 16.3. The van der Waals surface area contributed by atoms with Crippen LogP contribution in [0.3, 0.4) is 0 Å². The molecule has 2 heteroatoms. The third-order valence-electron chi connectivity index (χ3n) is 3.44. The van der Waals surface area contributed by atoms with Gasteiger partial charge in [0.2, 0.25) is 0 Å². The van der Waals surface area contributed by atoms with Crippen molar-refractivity contribution in [1.82, 2.24) is 0 Å². The Morgan fingerprint density at radius 1 is 1.36 bits per heavy atom. The van der Waals surface area contributed by atoms with E-state index >= 15 is 0 Å². The van der Waals surface area contributed by atoms with Gasteiger partial charge in [-0.15, -0.1) is 0 Å². The zero-order valence-corrected chi connectivity index (χ0v) is 9.13. The van der Waals surface area contributed by atoms with Crippen molar-refractivity contribution in [3.63, 3.8) is 0 Å². The summed E-state index contributed by atoms with van der Waals surface area (Å²) < 4.78 is 0. The Morgan fingerprint density at radius 3 is 2.50 bits per heavy atom. The lowest BCUT2D eigenvalue weighted by atomic mass is 9.65. The Labute approximate surface area is 86.9 Å². The summed E-state index contributed by atoms with van der Waals surface area (Å²) in [5.41, 5.74) is -0.369. The van der Waals surface area contributed by atoms with Crippen LogP contribution in [-0.4, -0.2) is 11.2 Å². The maximum atomic E-state index is 9.90. The average Bonchev–Trinajstić information content (AvgIpc) is 2.12. The standard InChI is InChI=1S/C12H21NO/c1-2-3-4-5-7-11(14)12(10-13)8-6-9-12/h11,14H,2-9H2,1H3. The molecule has 0 spiro atoms. The molecule has 80 valence electrons. The SMILES string of the molecule is CCCCCCC(O)C1(C#N)CCC1. The largest absolute Gasteiger partial charge is 0.391 e. The minimum Gasteiger partial charge on any atom is -0.391 e. The number of nitrogens with zero attached hydrogens (tertiary/aromatic N) is 1. The fourth-order valence-electron chi connectivity index (χ4n) is 2.12. The van der Waals surface area contributed by atoms with Gasteiger partial charge in [0.1, 0.15) is 0 Å². The molecule has 1 saturated carbocycles. The van der Waals surface area contributed by atoms with E-state index in [9.17, 15) is 5.11 Å². The number of hydrogen-bond acceptors (Lipinski definition) is 2. The smallest absolute Gasteiger partial charge is 0.0832 e. The highest BCUT2D eigenvalue weighted by Gasteiger charge is 2.43. The van der Waals surface area contributed by atoms with Gasteiger partial charge < -0.3 is 5.11 Å². The maximum absolute atomic E-state index is 9.90. The van der Waals surface area contributed by atoms with Crippen molar-refractivity contribution in [3.05, 3.63) is 0 Å². The first-order valence-electron chi connectivity index (χ1n) is 5.84. The molecule has 0 heterocycles. The summed E-state index contributed by atoms with van der Waals surface area (Å²) in [6.45, 7) is 2.18. The molecule has 1 N–H and O–H groups in total. The Kier molecular flexibility index (Phi) is 4.41. The molecular formula is C12H21NO. The minimum atomic E-state index is -0.377. The van der Waals surface area contributed by atoms with E-state index in [1.807, 2.05) is 0 Å². The number of hydrogen-bond donors (Lipinski definition) is 1. The molecule has 0 bridgehead atoms. The van der Waals surface area contributed by atoms with E-state index < -0.39 is 0 Å². The number of aliphatic hydroxyl groups is 1. The third-order valence-corrected chi connectivity index (χ3v) is 3.44. The van der Waals surface area contributed by atoms with Crippen LogP contribution in [-0.2, 0) is 0 Å². The van der Waals surface area contributed by atoms with Gasteiger partial charge >= 0.3 is 0 Å². The topological polar surface area (TPSA) is 44.0 Å². The van der Waals surface area contributed by atoms with Crippen molar-refractivity contribution in [3.8, 4) is 6.07 Å². The predicted octanol–water partition coefficient (Wildman–Crippen LogP) is 3.01.